The summed E-state index contributed by atoms with van der Waals surface area (Å²) in [4.78, 5) is 38.6. The molecule has 0 N–H and O–H groups in total. The number of ether oxygens (including phenoxy) is 1. The second kappa shape index (κ2) is 6.12. The molecule has 6 heteroatoms. The monoisotopic (exact) mass is 243 g/mol. The summed E-state index contributed by atoms with van der Waals surface area (Å²) in [7, 11) is 0. The summed E-state index contributed by atoms with van der Waals surface area (Å²) in [5, 5.41) is 3.46. The molecule has 0 aromatic carbocycles. The summed E-state index contributed by atoms with van der Waals surface area (Å²) in [6, 6.07) is 0. The number of carbonyl (C=O) groups is 3. The summed E-state index contributed by atoms with van der Waals surface area (Å²) in [6.45, 7) is 6.98. The van der Waals surface area contributed by atoms with Gasteiger partial charge in [0.25, 0.3) is 0 Å². The van der Waals surface area contributed by atoms with Gasteiger partial charge < -0.3 is 9.57 Å². The molecule has 96 valence electrons. The van der Waals surface area contributed by atoms with Crippen molar-refractivity contribution >= 4 is 23.2 Å². The van der Waals surface area contributed by atoms with Crippen LogP contribution in [-0.4, -0.2) is 35.5 Å². The molecule has 0 aliphatic heterocycles. The first-order chi connectivity index (χ1) is 7.75. The Morgan fingerprint density at radius 3 is 1.94 bits per heavy atom. The molecular formula is C11H17NO5. The van der Waals surface area contributed by atoms with Crippen LogP contribution < -0.4 is 0 Å². The number of hydrogen-bond acceptors (Lipinski definition) is 6. The maximum Gasteiger partial charge on any atom is 0.355 e. The van der Waals surface area contributed by atoms with Gasteiger partial charge in [0, 0.05) is 0 Å². The van der Waals surface area contributed by atoms with E-state index < -0.39 is 23.1 Å². The van der Waals surface area contributed by atoms with Gasteiger partial charge in [-0.3, -0.25) is 9.59 Å². The Bertz CT molecular complexity index is 345. The van der Waals surface area contributed by atoms with Crippen molar-refractivity contribution in [3.8, 4) is 0 Å². The lowest BCUT2D eigenvalue weighted by atomic mass is 9.98. The zero-order valence-electron chi connectivity index (χ0n) is 10.7. The molecule has 0 rings (SSSR count). The molecular weight excluding hydrogens is 226 g/mol. The summed E-state index contributed by atoms with van der Waals surface area (Å²) in [5.41, 5.74) is -1.71. The fourth-order valence-electron chi connectivity index (χ4n) is 0.809. The van der Waals surface area contributed by atoms with E-state index in [0.717, 1.165) is 0 Å². The summed E-state index contributed by atoms with van der Waals surface area (Å²) in [6.07, 6.45) is 0. The van der Waals surface area contributed by atoms with Gasteiger partial charge >= 0.3 is 5.97 Å². The zero-order chi connectivity index (χ0) is 13.6. The molecule has 0 bridgehead atoms. The minimum Gasteiger partial charge on any atom is -0.461 e. The molecule has 17 heavy (non-hydrogen) atoms. The Morgan fingerprint density at radius 2 is 1.59 bits per heavy atom. The molecule has 6 nitrogen and oxygen atoms in total. The minimum absolute atomic E-state index is 0.0550. The van der Waals surface area contributed by atoms with Crippen LogP contribution in [0.4, 0.5) is 0 Å². The second-order valence-corrected chi connectivity index (χ2v) is 3.63. The number of carbonyl (C=O) groups excluding carboxylic acids is 3. The summed E-state index contributed by atoms with van der Waals surface area (Å²) >= 11 is 0. The Kier molecular flexibility index (Phi) is 5.50. The number of rotatable bonds is 6. The molecule has 0 aliphatic carbocycles. The quantitative estimate of drug-likeness (QED) is 0.299. The second-order valence-electron chi connectivity index (χ2n) is 3.63. The molecule has 0 fully saturated rings. The van der Waals surface area contributed by atoms with E-state index in [0.29, 0.717) is 0 Å². The predicted molar refractivity (Wildman–Crippen MR) is 60.6 cm³/mol. The van der Waals surface area contributed by atoms with E-state index >= 15 is 0 Å². The molecule has 0 saturated heterocycles. The van der Waals surface area contributed by atoms with Crippen LogP contribution in [0.1, 0.15) is 34.6 Å². The van der Waals surface area contributed by atoms with Crippen LogP contribution in [0.5, 0.6) is 0 Å². The van der Waals surface area contributed by atoms with E-state index in [1.807, 2.05) is 0 Å². The number of oxime groups is 1. The average molecular weight is 243 g/mol. The van der Waals surface area contributed by atoms with Gasteiger partial charge in [-0.05, 0) is 34.6 Å². The van der Waals surface area contributed by atoms with Crippen LogP contribution in [0.2, 0.25) is 0 Å². The Morgan fingerprint density at radius 1 is 1.12 bits per heavy atom. The molecule has 0 unspecified atom stereocenters. The van der Waals surface area contributed by atoms with Crippen LogP contribution in [0.15, 0.2) is 5.16 Å². The van der Waals surface area contributed by atoms with Crippen LogP contribution >= 0.6 is 0 Å². The number of ketones is 2. The van der Waals surface area contributed by atoms with Crippen molar-refractivity contribution in [3.05, 3.63) is 0 Å². The highest BCUT2D eigenvalue weighted by Crippen LogP contribution is 2.14. The molecule has 0 heterocycles. The number of hydrogen-bond donors (Lipinski definition) is 0. The normalized spacial score (nSPS) is 11.9. The lowest BCUT2D eigenvalue weighted by Gasteiger charge is -2.20. The predicted octanol–water partition coefficient (Wildman–Crippen LogP) is 0.879. The molecule has 0 amide bonds. The fraction of sp³-hybridized carbons (Fsp3) is 0.636. The summed E-state index contributed by atoms with van der Waals surface area (Å²) in [5.74, 6) is -1.61. The van der Waals surface area contributed by atoms with E-state index in [1.54, 1.807) is 6.92 Å². The maximum absolute atomic E-state index is 11.3. The van der Waals surface area contributed by atoms with Crippen LogP contribution in [0, 0.1) is 0 Å². The molecule has 0 aromatic heterocycles. The topological polar surface area (TPSA) is 82.0 Å². The third kappa shape index (κ3) is 3.97. The smallest absolute Gasteiger partial charge is 0.355 e. The van der Waals surface area contributed by atoms with Crippen LogP contribution in [-0.2, 0) is 24.0 Å². The van der Waals surface area contributed by atoms with Crippen LogP contribution in [0.3, 0.4) is 0 Å². The van der Waals surface area contributed by atoms with Gasteiger partial charge in [-0.25, -0.2) is 4.79 Å². The highest BCUT2D eigenvalue weighted by molar-refractivity contribution is 6.35. The third-order valence-corrected chi connectivity index (χ3v) is 2.28. The van der Waals surface area contributed by atoms with Crippen LogP contribution in [0.25, 0.3) is 0 Å². The van der Waals surface area contributed by atoms with Crippen molar-refractivity contribution in [2.75, 3.05) is 6.61 Å². The lowest BCUT2D eigenvalue weighted by molar-refractivity contribution is -0.153. The van der Waals surface area contributed by atoms with Crippen molar-refractivity contribution in [3.63, 3.8) is 0 Å². The van der Waals surface area contributed by atoms with Gasteiger partial charge in [0.1, 0.15) is 0 Å². The average Bonchev–Trinajstić information content (AvgIpc) is 2.24. The highest BCUT2D eigenvalue weighted by atomic mass is 16.7. The van der Waals surface area contributed by atoms with Crippen molar-refractivity contribution in [1.82, 2.24) is 0 Å². The van der Waals surface area contributed by atoms with Gasteiger partial charge in [-0.15, -0.1) is 0 Å². The lowest BCUT2D eigenvalue weighted by Crippen LogP contribution is -2.42. The highest BCUT2D eigenvalue weighted by Gasteiger charge is 2.38. The van der Waals surface area contributed by atoms with Crippen molar-refractivity contribution in [2.24, 2.45) is 5.16 Å². The maximum atomic E-state index is 11.3. The first-order valence-electron chi connectivity index (χ1n) is 5.17. The van der Waals surface area contributed by atoms with Crippen molar-refractivity contribution < 1.29 is 24.0 Å². The van der Waals surface area contributed by atoms with Crippen molar-refractivity contribution in [1.29, 1.82) is 0 Å². The third-order valence-electron chi connectivity index (χ3n) is 2.28. The van der Waals surface area contributed by atoms with E-state index in [4.69, 9.17) is 4.84 Å². The van der Waals surface area contributed by atoms with E-state index in [-0.39, 0.29) is 12.3 Å². The van der Waals surface area contributed by atoms with Gasteiger partial charge in [0.15, 0.2) is 17.3 Å². The molecule has 0 atom stereocenters. The SMILES string of the molecule is CCOC(=O)/C(C)=N\OC(C)(C(C)=O)C(C)=O. The van der Waals surface area contributed by atoms with Gasteiger partial charge in [-0.2, -0.15) is 0 Å². The number of Topliss-reactive ketones (excluding diaryl/α,β-unsaturated/α-hetero) is 2. The first-order valence-corrected chi connectivity index (χ1v) is 5.17. The van der Waals surface area contributed by atoms with Gasteiger partial charge in [0.2, 0.25) is 5.60 Å². The Balaban J connectivity index is 4.83. The van der Waals surface area contributed by atoms with Gasteiger partial charge in [0.05, 0.1) is 6.61 Å². The first kappa shape index (κ1) is 15.3. The standard InChI is InChI=1S/C11H17NO5/c1-6-16-10(15)7(2)12-17-11(5,8(3)13)9(4)14/h6H2,1-5H3/b12-7-. The van der Waals surface area contributed by atoms with Gasteiger partial charge in [-0.1, -0.05) is 5.16 Å². The largest absolute Gasteiger partial charge is 0.461 e. The zero-order valence-corrected chi connectivity index (χ0v) is 10.7. The number of esters is 1. The van der Waals surface area contributed by atoms with E-state index in [1.165, 1.54) is 27.7 Å². The van der Waals surface area contributed by atoms with E-state index in [2.05, 4.69) is 9.89 Å². The molecule has 0 spiro atoms. The number of nitrogens with zero attached hydrogens (tertiary/aromatic N) is 1. The Labute approximate surface area is 99.9 Å². The fourth-order valence-corrected chi connectivity index (χ4v) is 0.809. The Hall–Kier alpha value is -1.72. The molecule has 0 aromatic rings. The molecule has 0 saturated carbocycles. The minimum atomic E-state index is -1.66. The van der Waals surface area contributed by atoms with E-state index in [9.17, 15) is 14.4 Å². The molecule has 0 radical (unpaired) electrons. The van der Waals surface area contributed by atoms with Crippen molar-refractivity contribution in [2.45, 2.75) is 40.2 Å². The summed E-state index contributed by atoms with van der Waals surface area (Å²) < 4.78 is 4.67. The molecule has 0 aliphatic rings.